The van der Waals surface area contributed by atoms with E-state index in [0.29, 0.717) is 11.3 Å². The van der Waals surface area contributed by atoms with Crippen LogP contribution in [0.25, 0.3) is 11.1 Å². The lowest BCUT2D eigenvalue weighted by Gasteiger charge is -2.31. The van der Waals surface area contributed by atoms with E-state index in [1.165, 1.54) is 0 Å². The summed E-state index contributed by atoms with van der Waals surface area (Å²) in [7, 11) is 0. The molecule has 0 aliphatic carbocycles. The Kier molecular flexibility index (Phi) is 4.86. The first-order valence-electron chi connectivity index (χ1n) is 7.70. The van der Waals surface area contributed by atoms with Crippen molar-refractivity contribution < 1.29 is 4.79 Å². The zero-order valence-corrected chi connectivity index (χ0v) is 13.7. The number of carbonyl (C=O) groups is 1. The highest BCUT2D eigenvalue weighted by Gasteiger charge is 2.24. The zero-order chi connectivity index (χ0) is 16.3. The van der Waals surface area contributed by atoms with Crippen LogP contribution in [-0.2, 0) is 0 Å². The molecular weight excluding hydrogens is 272 g/mol. The van der Waals surface area contributed by atoms with Gasteiger partial charge in [0, 0.05) is 28.9 Å². The maximum atomic E-state index is 13.0. The van der Waals surface area contributed by atoms with Crippen molar-refractivity contribution in [2.75, 3.05) is 5.73 Å². The Balaban J connectivity index is 2.54. The number of hydrogen-bond acceptors (Lipinski definition) is 2. The molecule has 0 aliphatic rings. The van der Waals surface area contributed by atoms with Crippen molar-refractivity contribution in [1.29, 1.82) is 0 Å². The molecule has 0 saturated carbocycles. The van der Waals surface area contributed by atoms with Gasteiger partial charge in [-0.1, -0.05) is 36.4 Å². The second-order valence-electron chi connectivity index (χ2n) is 6.03. The van der Waals surface area contributed by atoms with Crippen LogP contribution in [0.15, 0.2) is 48.5 Å². The molecule has 2 rings (SSSR count). The van der Waals surface area contributed by atoms with Gasteiger partial charge in [0.2, 0.25) is 0 Å². The highest BCUT2D eigenvalue weighted by molar-refractivity contribution is 6.02. The third-order valence-electron chi connectivity index (χ3n) is 3.76. The highest BCUT2D eigenvalue weighted by Crippen LogP contribution is 2.30. The summed E-state index contributed by atoms with van der Waals surface area (Å²) < 4.78 is 0. The summed E-state index contributed by atoms with van der Waals surface area (Å²) >= 11 is 0. The van der Waals surface area contributed by atoms with Crippen molar-refractivity contribution in [3.63, 3.8) is 0 Å². The highest BCUT2D eigenvalue weighted by atomic mass is 16.2. The summed E-state index contributed by atoms with van der Waals surface area (Å²) in [6.07, 6.45) is 0. The quantitative estimate of drug-likeness (QED) is 0.860. The van der Waals surface area contributed by atoms with Crippen molar-refractivity contribution in [3.8, 4) is 11.1 Å². The lowest BCUT2D eigenvalue weighted by atomic mass is 9.97. The van der Waals surface area contributed by atoms with Crippen LogP contribution in [0.2, 0.25) is 0 Å². The van der Waals surface area contributed by atoms with E-state index in [1.807, 2.05) is 81.1 Å². The molecule has 116 valence electrons. The van der Waals surface area contributed by atoms with Crippen LogP contribution in [-0.4, -0.2) is 22.9 Å². The number of hydrogen-bond donors (Lipinski definition) is 1. The van der Waals surface area contributed by atoms with E-state index < -0.39 is 0 Å². The van der Waals surface area contributed by atoms with Crippen LogP contribution in [0, 0.1) is 0 Å². The van der Waals surface area contributed by atoms with Gasteiger partial charge in [0.1, 0.15) is 0 Å². The molecule has 0 unspecified atom stereocenters. The minimum atomic E-state index is 0.0452. The Morgan fingerprint density at radius 2 is 1.36 bits per heavy atom. The van der Waals surface area contributed by atoms with Crippen LogP contribution >= 0.6 is 0 Å². The van der Waals surface area contributed by atoms with E-state index in [9.17, 15) is 4.79 Å². The summed E-state index contributed by atoms with van der Waals surface area (Å²) in [5.41, 5.74) is 9.26. The summed E-state index contributed by atoms with van der Waals surface area (Å²) in [4.78, 5) is 14.9. The van der Waals surface area contributed by atoms with Crippen molar-refractivity contribution >= 4 is 11.6 Å². The molecular formula is C19H24N2O. The molecule has 2 aromatic carbocycles. The predicted molar refractivity (Wildman–Crippen MR) is 92.7 cm³/mol. The number of benzene rings is 2. The summed E-state index contributed by atoms with van der Waals surface area (Å²) in [5, 5.41) is 0. The van der Waals surface area contributed by atoms with Gasteiger partial charge >= 0.3 is 0 Å². The third-order valence-corrected chi connectivity index (χ3v) is 3.76. The first-order chi connectivity index (χ1) is 10.4. The molecule has 0 aromatic heterocycles. The Morgan fingerprint density at radius 1 is 0.864 bits per heavy atom. The fourth-order valence-corrected chi connectivity index (χ4v) is 2.85. The molecule has 0 saturated heterocycles. The number of nitrogens with zero attached hydrogens (tertiary/aromatic N) is 1. The van der Waals surface area contributed by atoms with Crippen molar-refractivity contribution in [2.45, 2.75) is 39.8 Å². The first kappa shape index (κ1) is 16.1. The van der Waals surface area contributed by atoms with Crippen LogP contribution in [0.5, 0.6) is 0 Å². The molecule has 0 fully saturated rings. The van der Waals surface area contributed by atoms with Crippen molar-refractivity contribution in [2.24, 2.45) is 0 Å². The molecule has 0 bridgehead atoms. The summed E-state index contributed by atoms with van der Waals surface area (Å²) in [6, 6.07) is 15.6. The smallest absolute Gasteiger partial charge is 0.254 e. The molecule has 1 amide bonds. The first-order valence-corrected chi connectivity index (χ1v) is 7.70. The van der Waals surface area contributed by atoms with Crippen molar-refractivity contribution in [1.82, 2.24) is 4.90 Å². The van der Waals surface area contributed by atoms with Gasteiger partial charge in [0.05, 0.1) is 0 Å². The lowest BCUT2D eigenvalue weighted by molar-refractivity contribution is 0.0644. The van der Waals surface area contributed by atoms with E-state index in [-0.39, 0.29) is 18.0 Å². The molecule has 22 heavy (non-hydrogen) atoms. The fourth-order valence-electron chi connectivity index (χ4n) is 2.85. The van der Waals surface area contributed by atoms with E-state index >= 15 is 0 Å². The molecule has 0 radical (unpaired) electrons. The Hall–Kier alpha value is -2.29. The second kappa shape index (κ2) is 6.65. The van der Waals surface area contributed by atoms with Crippen LogP contribution in [0.1, 0.15) is 38.1 Å². The number of rotatable bonds is 4. The number of amides is 1. The van der Waals surface area contributed by atoms with Gasteiger partial charge in [0.15, 0.2) is 0 Å². The Morgan fingerprint density at radius 3 is 1.91 bits per heavy atom. The largest absolute Gasteiger partial charge is 0.398 e. The predicted octanol–water partition coefficient (Wildman–Crippen LogP) is 4.19. The lowest BCUT2D eigenvalue weighted by Crippen LogP contribution is -2.42. The second-order valence-corrected chi connectivity index (χ2v) is 6.03. The van der Waals surface area contributed by atoms with Gasteiger partial charge in [-0.15, -0.1) is 0 Å². The number of anilines is 1. The third kappa shape index (κ3) is 3.14. The van der Waals surface area contributed by atoms with E-state index in [1.54, 1.807) is 0 Å². The summed E-state index contributed by atoms with van der Waals surface area (Å²) in [5.74, 6) is 0.0452. The van der Waals surface area contributed by atoms with Gasteiger partial charge in [0.25, 0.3) is 5.91 Å². The maximum Gasteiger partial charge on any atom is 0.254 e. The minimum absolute atomic E-state index is 0.0452. The van der Waals surface area contributed by atoms with Crippen LogP contribution < -0.4 is 5.73 Å². The van der Waals surface area contributed by atoms with Gasteiger partial charge in [-0.25, -0.2) is 0 Å². The molecule has 0 aliphatic heterocycles. The molecule has 3 heteroatoms. The number of para-hydroxylation sites is 1. The molecule has 0 atom stereocenters. The molecule has 0 spiro atoms. The molecule has 0 heterocycles. The average Bonchev–Trinajstić information content (AvgIpc) is 2.47. The van der Waals surface area contributed by atoms with E-state index in [4.69, 9.17) is 5.73 Å². The average molecular weight is 296 g/mol. The number of nitrogens with two attached hydrogens (primary N) is 1. The fraction of sp³-hybridized carbons (Fsp3) is 0.316. The standard InChI is InChI=1S/C19H24N2O/c1-13(2)21(14(3)4)19(22)17-11-6-5-9-15(17)16-10-7-8-12-18(16)20/h5-14H,20H2,1-4H3. The van der Waals surface area contributed by atoms with E-state index in [2.05, 4.69) is 0 Å². The maximum absolute atomic E-state index is 13.0. The van der Waals surface area contributed by atoms with Gasteiger partial charge in [-0.2, -0.15) is 0 Å². The molecule has 2 N–H and O–H groups in total. The Labute approximate surface area is 132 Å². The normalized spacial score (nSPS) is 11.0. The van der Waals surface area contributed by atoms with E-state index in [0.717, 1.165) is 11.1 Å². The Bertz CT molecular complexity index is 654. The zero-order valence-electron chi connectivity index (χ0n) is 13.7. The van der Waals surface area contributed by atoms with Crippen LogP contribution in [0.3, 0.4) is 0 Å². The SMILES string of the molecule is CC(C)N(C(=O)c1ccccc1-c1ccccc1N)C(C)C. The van der Waals surface area contributed by atoms with Gasteiger partial charge in [-0.05, 0) is 45.4 Å². The number of carbonyl (C=O) groups excluding carboxylic acids is 1. The number of nitrogen functional groups attached to an aromatic ring is 1. The molecule has 2 aromatic rings. The minimum Gasteiger partial charge on any atom is -0.398 e. The summed E-state index contributed by atoms with van der Waals surface area (Å²) in [6.45, 7) is 8.16. The van der Waals surface area contributed by atoms with Gasteiger partial charge in [-0.3, -0.25) is 4.79 Å². The van der Waals surface area contributed by atoms with Crippen molar-refractivity contribution in [3.05, 3.63) is 54.1 Å². The molecule has 3 nitrogen and oxygen atoms in total. The topological polar surface area (TPSA) is 46.3 Å². The van der Waals surface area contributed by atoms with Crippen LogP contribution in [0.4, 0.5) is 5.69 Å². The monoisotopic (exact) mass is 296 g/mol. The van der Waals surface area contributed by atoms with Gasteiger partial charge < -0.3 is 10.6 Å².